The van der Waals surface area contributed by atoms with Gasteiger partial charge in [0, 0.05) is 12.7 Å². The number of hydrogen-bond donors (Lipinski definition) is 1. The molecule has 4 rings (SSSR count). The molecule has 3 aromatic rings. The quantitative estimate of drug-likeness (QED) is 0.178. The van der Waals surface area contributed by atoms with Crippen LogP contribution in [0.25, 0.3) is 11.4 Å². The van der Waals surface area contributed by atoms with E-state index < -0.39 is 17.7 Å². The van der Waals surface area contributed by atoms with Gasteiger partial charge in [-0.05, 0) is 70.7 Å². The monoisotopic (exact) mass is 518 g/mol. The zero-order valence-electron chi connectivity index (χ0n) is 22.3. The highest BCUT2D eigenvalue weighted by atomic mass is 16.5. The van der Waals surface area contributed by atoms with Gasteiger partial charge in [-0.25, -0.2) is 4.98 Å². The summed E-state index contributed by atoms with van der Waals surface area (Å²) in [4.78, 5) is 34.9. The van der Waals surface area contributed by atoms with E-state index in [9.17, 15) is 14.7 Å². The fraction of sp³-hybridized carbons (Fsp3) is 0.345. The second kappa shape index (κ2) is 11.5. The molecule has 3 heterocycles. The number of Topliss-reactive ketones (excluding diaryl/α,β-unsaturated/α-hetero) is 1. The fourth-order valence-corrected chi connectivity index (χ4v) is 4.77. The predicted octanol–water partition coefficient (Wildman–Crippen LogP) is 3.98. The Morgan fingerprint density at radius 2 is 1.97 bits per heavy atom. The van der Waals surface area contributed by atoms with E-state index in [1.165, 1.54) is 4.90 Å². The van der Waals surface area contributed by atoms with Gasteiger partial charge in [0.1, 0.15) is 17.9 Å². The largest absolute Gasteiger partial charge is 0.505 e. The average Bonchev–Trinajstić information content (AvgIpc) is 3.36. The number of aliphatic hydroxyl groups excluding tert-OH is 1. The van der Waals surface area contributed by atoms with Crippen LogP contribution in [0.4, 0.5) is 0 Å². The van der Waals surface area contributed by atoms with Crippen LogP contribution in [0.1, 0.15) is 36.3 Å². The molecule has 2 aromatic heterocycles. The lowest BCUT2D eigenvalue weighted by Crippen LogP contribution is -2.32. The van der Waals surface area contributed by atoms with E-state index in [4.69, 9.17) is 9.47 Å². The molecule has 9 nitrogen and oxygen atoms in total. The Kier molecular flexibility index (Phi) is 8.16. The zero-order chi connectivity index (χ0) is 27.4. The maximum absolute atomic E-state index is 13.5. The predicted molar refractivity (Wildman–Crippen MR) is 145 cm³/mol. The summed E-state index contributed by atoms with van der Waals surface area (Å²) in [7, 11) is 3.91. The van der Waals surface area contributed by atoms with Crippen LogP contribution in [0.3, 0.4) is 0 Å². The van der Waals surface area contributed by atoms with Crippen LogP contribution in [0.15, 0.2) is 60.8 Å². The second-order valence-corrected chi connectivity index (χ2v) is 9.36. The van der Waals surface area contributed by atoms with Crippen molar-refractivity contribution in [3.63, 3.8) is 0 Å². The number of ether oxygens (including phenoxy) is 2. The van der Waals surface area contributed by atoms with Gasteiger partial charge in [-0.3, -0.25) is 14.0 Å². The molecule has 0 bridgehead atoms. The molecule has 1 fully saturated rings. The molecule has 9 heteroatoms. The first-order valence-corrected chi connectivity index (χ1v) is 12.7. The smallest absolute Gasteiger partial charge is 0.295 e. The number of aromatic nitrogens is 2. The Labute approximate surface area is 222 Å². The molecule has 1 amide bonds. The van der Waals surface area contributed by atoms with Crippen LogP contribution < -0.4 is 9.47 Å². The lowest BCUT2D eigenvalue weighted by Gasteiger charge is -2.26. The van der Waals surface area contributed by atoms with Gasteiger partial charge in [0.2, 0.25) is 0 Å². The van der Waals surface area contributed by atoms with Gasteiger partial charge in [-0.1, -0.05) is 24.8 Å². The molecule has 1 aromatic carbocycles. The lowest BCUT2D eigenvalue weighted by molar-refractivity contribution is -0.139. The van der Waals surface area contributed by atoms with Crippen LogP contribution in [0.5, 0.6) is 11.5 Å². The molecule has 0 saturated carbocycles. The zero-order valence-corrected chi connectivity index (χ0v) is 22.3. The number of ketones is 1. The van der Waals surface area contributed by atoms with E-state index in [0.717, 1.165) is 6.54 Å². The van der Waals surface area contributed by atoms with Crippen LogP contribution in [0, 0.1) is 6.92 Å². The number of benzene rings is 1. The third-order valence-electron chi connectivity index (χ3n) is 6.41. The van der Waals surface area contributed by atoms with E-state index >= 15 is 0 Å². The van der Waals surface area contributed by atoms with E-state index in [0.29, 0.717) is 60.3 Å². The summed E-state index contributed by atoms with van der Waals surface area (Å²) in [6.07, 6.45) is 4.07. The number of nitrogens with zero attached hydrogens (tertiary/aromatic N) is 4. The Morgan fingerprint density at radius 3 is 2.68 bits per heavy atom. The summed E-state index contributed by atoms with van der Waals surface area (Å²) < 4.78 is 13.3. The van der Waals surface area contributed by atoms with Crippen molar-refractivity contribution in [3.05, 3.63) is 77.8 Å². The summed E-state index contributed by atoms with van der Waals surface area (Å²) in [5.74, 6) is -0.627. The van der Waals surface area contributed by atoms with E-state index in [2.05, 4.69) is 11.6 Å². The summed E-state index contributed by atoms with van der Waals surface area (Å²) in [5.41, 5.74) is 2.22. The number of hydrogen-bond acceptors (Lipinski definition) is 7. The van der Waals surface area contributed by atoms with Crippen molar-refractivity contribution >= 4 is 23.1 Å². The minimum atomic E-state index is -0.807. The van der Waals surface area contributed by atoms with Gasteiger partial charge in [0.15, 0.2) is 17.3 Å². The van der Waals surface area contributed by atoms with E-state index in [-0.39, 0.29) is 11.3 Å². The number of imidazole rings is 1. The van der Waals surface area contributed by atoms with Gasteiger partial charge in [0.25, 0.3) is 11.7 Å². The first-order chi connectivity index (χ1) is 18.3. The molecule has 1 atom stereocenters. The molecule has 1 aliphatic rings. The van der Waals surface area contributed by atoms with Gasteiger partial charge in [-0.15, -0.1) is 0 Å². The number of fused-ring (bicyclic) bond motifs is 1. The maximum atomic E-state index is 13.5. The van der Waals surface area contributed by atoms with Crippen molar-refractivity contribution in [2.75, 3.05) is 40.4 Å². The topological polar surface area (TPSA) is 96.6 Å². The SMILES string of the molecule is C=CCOc1ccc(C2C(=C(O)c3c(C)nc4ccccn34)C(=O)C(=O)N2CCCN(C)C)cc1OCC. The van der Waals surface area contributed by atoms with Crippen molar-refractivity contribution in [1.29, 1.82) is 0 Å². The molecule has 200 valence electrons. The van der Waals surface area contributed by atoms with Crippen molar-refractivity contribution in [1.82, 2.24) is 19.2 Å². The standard InChI is InChI=1S/C29H34N4O5/c1-6-17-38-21-13-12-20(18-22(21)37-7-2)26-24(28(35)29(36)33(26)16-10-14-31(4)5)27(34)25-19(3)30-23-11-8-9-15-32(23)25/h6,8-9,11-13,15,18,26,34H,1,7,10,14,16-17H2,2-5H3. The van der Waals surface area contributed by atoms with Gasteiger partial charge < -0.3 is 24.4 Å². The second-order valence-electron chi connectivity index (χ2n) is 9.36. The number of aliphatic hydroxyl groups is 1. The molecule has 38 heavy (non-hydrogen) atoms. The Bertz CT molecular complexity index is 1390. The number of carbonyl (C=O) groups excluding carboxylic acids is 2. The fourth-order valence-electron chi connectivity index (χ4n) is 4.77. The third-order valence-corrected chi connectivity index (χ3v) is 6.41. The number of aryl methyl sites for hydroxylation is 1. The van der Waals surface area contributed by atoms with Crippen LogP contribution in [-0.4, -0.2) is 76.4 Å². The van der Waals surface area contributed by atoms with Crippen LogP contribution in [0.2, 0.25) is 0 Å². The van der Waals surface area contributed by atoms with Crippen LogP contribution >= 0.6 is 0 Å². The number of likely N-dealkylation sites (tertiary alicyclic amines) is 1. The highest BCUT2D eigenvalue weighted by molar-refractivity contribution is 6.46. The van der Waals surface area contributed by atoms with Crippen molar-refractivity contribution in [2.45, 2.75) is 26.3 Å². The number of carbonyl (C=O) groups is 2. The van der Waals surface area contributed by atoms with Gasteiger partial charge >= 0.3 is 0 Å². The molecule has 1 N–H and O–H groups in total. The molecule has 0 radical (unpaired) electrons. The van der Waals surface area contributed by atoms with Crippen molar-refractivity contribution in [2.24, 2.45) is 0 Å². The molecule has 1 unspecified atom stereocenters. The average molecular weight is 519 g/mol. The van der Waals surface area contributed by atoms with Crippen molar-refractivity contribution < 1.29 is 24.2 Å². The minimum absolute atomic E-state index is 0.0239. The Morgan fingerprint density at radius 1 is 1.18 bits per heavy atom. The molecule has 1 saturated heterocycles. The van der Waals surface area contributed by atoms with Gasteiger partial charge in [0.05, 0.1) is 23.9 Å². The number of pyridine rings is 1. The maximum Gasteiger partial charge on any atom is 0.295 e. The third kappa shape index (κ3) is 5.15. The van der Waals surface area contributed by atoms with E-state index in [1.54, 1.807) is 41.8 Å². The summed E-state index contributed by atoms with van der Waals surface area (Å²) in [5, 5.41) is 11.6. The summed E-state index contributed by atoms with van der Waals surface area (Å²) in [6.45, 7) is 9.10. The molecule has 0 aliphatic carbocycles. The Hall–Kier alpha value is -4.11. The normalized spacial score (nSPS) is 17.0. The molecular weight excluding hydrogens is 484 g/mol. The van der Waals surface area contributed by atoms with E-state index in [1.807, 2.05) is 44.1 Å². The van der Waals surface area contributed by atoms with Crippen molar-refractivity contribution in [3.8, 4) is 11.5 Å². The lowest BCUT2D eigenvalue weighted by atomic mass is 9.95. The summed E-state index contributed by atoms with van der Waals surface area (Å²) >= 11 is 0. The first kappa shape index (κ1) is 26.9. The molecular formula is C29H34N4O5. The van der Waals surface area contributed by atoms with Gasteiger partial charge in [-0.2, -0.15) is 0 Å². The summed E-state index contributed by atoms with van der Waals surface area (Å²) in [6, 6.07) is 10.00. The highest BCUT2D eigenvalue weighted by Crippen LogP contribution is 2.42. The van der Waals surface area contributed by atoms with Crippen LogP contribution in [-0.2, 0) is 9.59 Å². The number of rotatable bonds is 11. The highest BCUT2D eigenvalue weighted by Gasteiger charge is 2.46. The molecule has 0 spiro atoms. The first-order valence-electron chi connectivity index (χ1n) is 12.7. The Balaban J connectivity index is 1.89. The number of amides is 1. The minimum Gasteiger partial charge on any atom is -0.505 e. The molecule has 1 aliphatic heterocycles.